The van der Waals surface area contributed by atoms with Gasteiger partial charge in [0.05, 0.1) is 17.6 Å². The van der Waals surface area contributed by atoms with Crippen molar-refractivity contribution in [2.75, 3.05) is 0 Å². The molecule has 0 aliphatic heterocycles. The van der Waals surface area contributed by atoms with E-state index in [0.717, 1.165) is 22.5 Å². The van der Waals surface area contributed by atoms with Gasteiger partial charge < -0.3 is 4.98 Å². The SMILES string of the molecule is Cc1ccncc1-n1c(-c2ccccc2)c[nH]c1=S. The van der Waals surface area contributed by atoms with E-state index in [4.69, 9.17) is 12.2 Å². The van der Waals surface area contributed by atoms with Gasteiger partial charge in [0, 0.05) is 18.0 Å². The van der Waals surface area contributed by atoms with Crippen molar-refractivity contribution >= 4 is 12.2 Å². The van der Waals surface area contributed by atoms with Gasteiger partial charge in [-0.2, -0.15) is 0 Å². The number of benzene rings is 1. The molecular formula is C15H13N3S. The highest BCUT2D eigenvalue weighted by atomic mass is 32.1. The lowest BCUT2D eigenvalue weighted by Crippen LogP contribution is -2.00. The Morgan fingerprint density at radius 2 is 1.95 bits per heavy atom. The highest BCUT2D eigenvalue weighted by molar-refractivity contribution is 7.71. The molecule has 0 aliphatic carbocycles. The van der Waals surface area contributed by atoms with E-state index in [9.17, 15) is 0 Å². The zero-order valence-corrected chi connectivity index (χ0v) is 11.3. The van der Waals surface area contributed by atoms with Crippen molar-refractivity contribution in [3.05, 3.63) is 65.3 Å². The van der Waals surface area contributed by atoms with Gasteiger partial charge in [0.2, 0.25) is 0 Å². The molecule has 4 heteroatoms. The topological polar surface area (TPSA) is 33.6 Å². The number of imidazole rings is 1. The summed E-state index contributed by atoms with van der Waals surface area (Å²) in [5, 5.41) is 0. The van der Waals surface area contributed by atoms with Crippen LogP contribution in [0.2, 0.25) is 0 Å². The first-order chi connectivity index (χ1) is 9.27. The molecule has 0 atom stereocenters. The fourth-order valence-electron chi connectivity index (χ4n) is 2.12. The lowest BCUT2D eigenvalue weighted by Gasteiger charge is -2.10. The van der Waals surface area contributed by atoms with Crippen LogP contribution in [0.3, 0.4) is 0 Å². The number of rotatable bonds is 2. The van der Waals surface area contributed by atoms with Gasteiger partial charge in [-0.05, 0) is 30.8 Å². The fraction of sp³-hybridized carbons (Fsp3) is 0.0667. The van der Waals surface area contributed by atoms with Crippen LogP contribution in [0.15, 0.2) is 55.0 Å². The van der Waals surface area contributed by atoms with Gasteiger partial charge in [-0.3, -0.25) is 9.55 Å². The maximum atomic E-state index is 5.39. The highest BCUT2D eigenvalue weighted by Crippen LogP contribution is 2.24. The molecule has 0 aliphatic rings. The number of aromatic amines is 1. The summed E-state index contributed by atoms with van der Waals surface area (Å²) >= 11 is 5.39. The number of aromatic nitrogens is 3. The van der Waals surface area contributed by atoms with Gasteiger partial charge in [0.1, 0.15) is 0 Å². The number of aryl methyl sites for hydroxylation is 1. The molecule has 1 aromatic carbocycles. The molecular weight excluding hydrogens is 254 g/mol. The minimum absolute atomic E-state index is 0.676. The van der Waals surface area contributed by atoms with Crippen LogP contribution in [0.1, 0.15) is 5.56 Å². The van der Waals surface area contributed by atoms with Crippen LogP contribution >= 0.6 is 12.2 Å². The van der Waals surface area contributed by atoms with Crippen LogP contribution in [0.5, 0.6) is 0 Å². The first-order valence-electron chi connectivity index (χ1n) is 6.04. The first kappa shape index (κ1) is 11.9. The maximum absolute atomic E-state index is 5.39. The minimum atomic E-state index is 0.676. The number of hydrogen-bond acceptors (Lipinski definition) is 2. The Morgan fingerprint density at radius 3 is 2.68 bits per heavy atom. The van der Waals surface area contributed by atoms with Crippen molar-refractivity contribution in [2.45, 2.75) is 6.92 Å². The van der Waals surface area contributed by atoms with Gasteiger partial charge in [-0.1, -0.05) is 30.3 Å². The second-order valence-corrected chi connectivity index (χ2v) is 4.73. The van der Waals surface area contributed by atoms with E-state index < -0.39 is 0 Å². The molecule has 0 amide bonds. The minimum Gasteiger partial charge on any atom is -0.336 e. The van der Waals surface area contributed by atoms with E-state index in [1.54, 1.807) is 6.20 Å². The number of nitrogens with one attached hydrogen (secondary N) is 1. The third-order valence-electron chi connectivity index (χ3n) is 3.10. The van der Waals surface area contributed by atoms with Crippen molar-refractivity contribution in [3.8, 4) is 16.9 Å². The molecule has 3 rings (SSSR count). The maximum Gasteiger partial charge on any atom is 0.182 e. The van der Waals surface area contributed by atoms with Crippen molar-refractivity contribution in [1.29, 1.82) is 0 Å². The smallest absolute Gasteiger partial charge is 0.182 e. The van der Waals surface area contributed by atoms with E-state index in [1.165, 1.54) is 0 Å². The van der Waals surface area contributed by atoms with Crippen LogP contribution < -0.4 is 0 Å². The average Bonchev–Trinajstić information content (AvgIpc) is 2.82. The third-order valence-corrected chi connectivity index (χ3v) is 3.40. The van der Waals surface area contributed by atoms with Gasteiger partial charge in [-0.25, -0.2) is 0 Å². The van der Waals surface area contributed by atoms with Crippen LogP contribution in [-0.2, 0) is 0 Å². The van der Waals surface area contributed by atoms with Crippen LogP contribution in [0, 0.1) is 11.7 Å². The molecule has 1 N–H and O–H groups in total. The molecule has 0 saturated carbocycles. The molecule has 3 aromatic rings. The summed E-state index contributed by atoms with van der Waals surface area (Å²) in [5.41, 5.74) is 4.32. The Balaban J connectivity index is 2.26. The van der Waals surface area contributed by atoms with Crippen molar-refractivity contribution in [1.82, 2.24) is 14.5 Å². The van der Waals surface area contributed by atoms with Gasteiger partial charge >= 0.3 is 0 Å². The summed E-state index contributed by atoms with van der Waals surface area (Å²) < 4.78 is 2.70. The molecule has 0 bridgehead atoms. The monoisotopic (exact) mass is 267 g/mol. The Morgan fingerprint density at radius 1 is 1.16 bits per heavy atom. The molecule has 2 heterocycles. The molecule has 0 spiro atoms. The second-order valence-electron chi connectivity index (χ2n) is 4.34. The Labute approximate surface area is 116 Å². The van der Waals surface area contributed by atoms with E-state index >= 15 is 0 Å². The van der Waals surface area contributed by atoms with Crippen molar-refractivity contribution < 1.29 is 0 Å². The lowest BCUT2D eigenvalue weighted by atomic mass is 10.1. The van der Waals surface area contributed by atoms with Gasteiger partial charge in [0.25, 0.3) is 0 Å². The number of nitrogens with zero attached hydrogens (tertiary/aromatic N) is 2. The van der Waals surface area contributed by atoms with Crippen LogP contribution in [-0.4, -0.2) is 14.5 Å². The molecule has 0 fully saturated rings. The highest BCUT2D eigenvalue weighted by Gasteiger charge is 2.10. The van der Waals surface area contributed by atoms with Gasteiger partial charge in [-0.15, -0.1) is 0 Å². The Kier molecular flexibility index (Phi) is 3.01. The van der Waals surface area contributed by atoms with E-state index in [-0.39, 0.29) is 0 Å². The predicted molar refractivity (Wildman–Crippen MR) is 78.9 cm³/mol. The zero-order valence-electron chi connectivity index (χ0n) is 10.5. The number of pyridine rings is 1. The average molecular weight is 267 g/mol. The molecule has 19 heavy (non-hydrogen) atoms. The summed E-state index contributed by atoms with van der Waals surface area (Å²) in [6, 6.07) is 12.2. The zero-order chi connectivity index (χ0) is 13.2. The largest absolute Gasteiger partial charge is 0.336 e. The molecule has 0 unspecified atom stereocenters. The summed E-state index contributed by atoms with van der Waals surface area (Å²) in [5.74, 6) is 0. The molecule has 0 saturated heterocycles. The molecule has 3 nitrogen and oxygen atoms in total. The van der Waals surface area contributed by atoms with E-state index in [1.807, 2.05) is 41.2 Å². The first-order valence-corrected chi connectivity index (χ1v) is 6.45. The normalized spacial score (nSPS) is 10.6. The van der Waals surface area contributed by atoms with E-state index in [0.29, 0.717) is 4.77 Å². The summed E-state index contributed by atoms with van der Waals surface area (Å²) in [4.78, 5) is 7.31. The van der Waals surface area contributed by atoms with Crippen LogP contribution in [0.25, 0.3) is 16.9 Å². The predicted octanol–water partition coefficient (Wildman–Crippen LogP) is 3.91. The Bertz CT molecular complexity index is 756. The molecule has 2 aromatic heterocycles. The second kappa shape index (κ2) is 4.82. The number of hydrogen-bond donors (Lipinski definition) is 1. The van der Waals surface area contributed by atoms with Gasteiger partial charge in [0.15, 0.2) is 4.77 Å². The van der Waals surface area contributed by atoms with E-state index in [2.05, 4.69) is 29.0 Å². The molecule has 94 valence electrons. The quantitative estimate of drug-likeness (QED) is 0.714. The summed E-state index contributed by atoms with van der Waals surface area (Å²) in [6.45, 7) is 2.06. The third kappa shape index (κ3) is 2.11. The summed E-state index contributed by atoms with van der Waals surface area (Å²) in [7, 11) is 0. The van der Waals surface area contributed by atoms with Crippen molar-refractivity contribution in [3.63, 3.8) is 0 Å². The number of H-pyrrole nitrogens is 1. The Hall–Kier alpha value is -2.20. The van der Waals surface area contributed by atoms with Crippen molar-refractivity contribution in [2.24, 2.45) is 0 Å². The molecule has 0 radical (unpaired) electrons. The lowest BCUT2D eigenvalue weighted by molar-refractivity contribution is 1.01. The fourth-order valence-corrected chi connectivity index (χ4v) is 2.37. The summed E-state index contributed by atoms with van der Waals surface area (Å²) in [6.07, 6.45) is 5.56. The standard InChI is InChI=1S/C15H13N3S/c1-11-7-8-16-9-13(11)18-14(10-17-15(18)19)12-5-3-2-4-6-12/h2-10H,1H3,(H,17,19). The van der Waals surface area contributed by atoms with Crippen LogP contribution in [0.4, 0.5) is 0 Å².